The van der Waals surface area contributed by atoms with Gasteiger partial charge in [-0.05, 0) is 25.3 Å². The standard InChI is InChI=1S/C25H28F2N4O6/c1-33-19-12-20(34-2)24(27)18(23(19)26)15-37-17-13-28-25(29-14-17)30-16-6-7-31(21(32)11-16)8-10-36-22-5-3-4-9-35-22/h6-7,11-14,22H,3-5,8-10,15H2,1-2H3,(H,28,29,30). The van der Waals surface area contributed by atoms with Gasteiger partial charge in [-0.3, -0.25) is 4.79 Å². The van der Waals surface area contributed by atoms with Crippen molar-refractivity contribution >= 4 is 11.6 Å². The van der Waals surface area contributed by atoms with Crippen molar-refractivity contribution in [2.45, 2.75) is 38.7 Å². The van der Waals surface area contributed by atoms with E-state index in [2.05, 4.69) is 15.3 Å². The van der Waals surface area contributed by atoms with Gasteiger partial charge in [0.05, 0.1) is 38.8 Å². The van der Waals surface area contributed by atoms with Gasteiger partial charge in [-0.25, -0.2) is 18.7 Å². The maximum absolute atomic E-state index is 14.5. The van der Waals surface area contributed by atoms with E-state index in [1.165, 1.54) is 37.2 Å². The van der Waals surface area contributed by atoms with E-state index < -0.39 is 18.2 Å². The minimum Gasteiger partial charge on any atom is -0.494 e. The second kappa shape index (κ2) is 12.5. The van der Waals surface area contributed by atoms with Gasteiger partial charge >= 0.3 is 0 Å². The number of hydrogen-bond donors (Lipinski definition) is 1. The second-order valence-electron chi connectivity index (χ2n) is 8.16. The Kier molecular flexibility index (Phi) is 8.86. The molecular weight excluding hydrogens is 490 g/mol. The summed E-state index contributed by atoms with van der Waals surface area (Å²) >= 11 is 0. The van der Waals surface area contributed by atoms with Crippen LogP contribution in [0.25, 0.3) is 0 Å². The summed E-state index contributed by atoms with van der Waals surface area (Å²) in [5, 5.41) is 2.93. The Bertz CT molecular complexity index is 1220. The molecular formula is C25H28F2N4O6. The van der Waals surface area contributed by atoms with Gasteiger partial charge < -0.3 is 33.6 Å². The molecule has 3 aromatic rings. The summed E-state index contributed by atoms with van der Waals surface area (Å²) in [4.78, 5) is 20.7. The summed E-state index contributed by atoms with van der Waals surface area (Å²) in [6.07, 6.45) is 7.12. The molecule has 0 radical (unpaired) electrons. The zero-order valence-electron chi connectivity index (χ0n) is 20.5. The number of nitrogens with one attached hydrogen (secondary N) is 1. The van der Waals surface area contributed by atoms with Crippen LogP contribution in [0.4, 0.5) is 20.4 Å². The second-order valence-corrected chi connectivity index (χ2v) is 8.16. The van der Waals surface area contributed by atoms with Crippen LogP contribution in [0.1, 0.15) is 24.8 Å². The molecule has 1 aliphatic heterocycles. The van der Waals surface area contributed by atoms with Crippen LogP contribution in [0, 0.1) is 11.6 Å². The van der Waals surface area contributed by atoms with E-state index in [1.807, 2.05) is 0 Å². The van der Waals surface area contributed by atoms with Crippen LogP contribution < -0.4 is 25.1 Å². The van der Waals surface area contributed by atoms with E-state index in [0.717, 1.165) is 25.3 Å². The Morgan fingerprint density at radius 3 is 2.46 bits per heavy atom. The monoisotopic (exact) mass is 518 g/mol. The predicted molar refractivity (Wildman–Crippen MR) is 129 cm³/mol. The number of halogens is 2. The Morgan fingerprint density at radius 2 is 1.84 bits per heavy atom. The van der Waals surface area contributed by atoms with Gasteiger partial charge in [0, 0.05) is 37.2 Å². The maximum Gasteiger partial charge on any atom is 0.252 e. The molecule has 0 spiro atoms. The minimum atomic E-state index is -0.886. The number of hydrogen-bond acceptors (Lipinski definition) is 9. The van der Waals surface area contributed by atoms with Gasteiger partial charge in [0.2, 0.25) is 5.95 Å². The molecule has 0 bridgehead atoms. The summed E-state index contributed by atoms with van der Waals surface area (Å²) < 4.78 is 57.0. The normalized spacial score (nSPS) is 15.3. The van der Waals surface area contributed by atoms with Crippen LogP contribution in [0.5, 0.6) is 17.2 Å². The molecule has 2 aromatic heterocycles. The van der Waals surface area contributed by atoms with Crippen LogP contribution in [-0.2, 0) is 22.6 Å². The zero-order valence-corrected chi connectivity index (χ0v) is 20.5. The van der Waals surface area contributed by atoms with Gasteiger partial charge in [-0.2, -0.15) is 0 Å². The van der Waals surface area contributed by atoms with Gasteiger partial charge in [-0.15, -0.1) is 0 Å². The number of aromatic nitrogens is 3. The molecule has 198 valence electrons. The smallest absolute Gasteiger partial charge is 0.252 e. The number of ether oxygens (including phenoxy) is 5. The molecule has 10 nitrogen and oxygen atoms in total. The van der Waals surface area contributed by atoms with Crippen molar-refractivity contribution in [3.8, 4) is 17.2 Å². The Balaban J connectivity index is 1.32. The number of anilines is 2. The first-order chi connectivity index (χ1) is 18.0. The number of pyridine rings is 1. The number of nitrogens with zero attached hydrogens (tertiary/aromatic N) is 3. The van der Waals surface area contributed by atoms with Gasteiger partial charge in [-0.1, -0.05) is 0 Å². The molecule has 1 fully saturated rings. The molecule has 0 saturated carbocycles. The van der Waals surface area contributed by atoms with Crippen molar-refractivity contribution in [2.75, 3.05) is 32.8 Å². The predicted octanol–water partition coefficient (Wildman–Crippen LogP) is 3.80. The van der Waals surface area contributed by atoms with Crippen molar-refractivity contribution in [2.24, 2.45) is 0 Å². The highest BCUT2D eigenvalue weighted by Crippen LogP contribution is 2.32. The number of methoxy groups -OCH3 is 2. The summed E-state index contributed by atoms with van der Waals surface area (Å²) in [5.41, 5.74) is -0.0643. The molecule has 1 saturated heterocycles. The molecule has 0 amide bonds. The lowest BCUT2D eigenvalue weighted by molar-refractivity contribution is -0.163. The summed E-state index contributed by atoms with van der Waals surface area (Å²) in [6, 6.07) is 4.26. The topological polar surface area (TPSA) is 106 Å². The Morgan fingerprint density at radius 1 is 1.11 bits per heavy atom. The van der Waals surface area contributed by atoms with Gasteiger partial charge in [0.1, 0.15) is 6.61 Å². The highest BCUT2D eigenvalue weighted by Gasteiger charge is 2.20. The van der Waals surface area contributed by atoms with Crippen molar-refractivity contribution in [3.05, 3.63) is 64.3 Å². The van der Waals surface area contributed by atoms with E-state index >= 15 is 0 Å². The summed E-state index contributed by atoms with van der Waals surface area (Å²) in [5.74, 6) is -1.71. The lowest BCUT2D eigenvalue weighted by Crippen LogP contribution is -2.26. The van der Waals surface area contributed by atoms with Crippen molar-refractivity contribution in [3.63, 3.8) is 0 Å². The molecule has 1 aromatic carbocycles. The molecule has 1 atom stereocenters. The molecule has 12 heteroatoms. The zero-order chi connectivity index (χ0) is 26.2. The van der Waals surface area contributed by atoms with Crippen molar-refractivity contribution in [1.82, 2.24) is 14.5 Å². The highest BCUT2D eigenvalue weighted by molar-refractivity contribution is 5.51. The SMILES string of the molecule is COc1cc(OC)c(F)c(COc2cnc(Nc3ccn(CCOC4CCCCO4)c(=O)c3)nc2)c1F. The van der Waals surface area contributed by atoms with E-state index in [0.29, 0.717) is 25.4 Å². The third-order valence-electron chi connectivity index (χ3n) is 5.70. The molecule has 1 aliphatic rings. The van der Waals surface area contributed by atoms with E-state index in [1.54, 1.807) is 12.3 Å². The molecule has 4 rings (SSSR count). The quantitative estimate of drug-likeness (QED) is 0.406. The lowest BCUT2D eigenvalue weighted by Gasteiger charge is -2.22. The van der Waals surface area contributed by atoms with E-state index in [4.69, 9.17) is 23.7 Å². The molecule has 1 N–H and O–H groups in total. The van der Waals surface area contributed by atoms with E-state index in [9.17, 15) is 13.6 Å². The number of rotatable bonds is 11. The van der Waals surface area contributed by atoms with Gasteiger partial charge in [0.15, 0.2) is 35.2 Å². The van der Waals surface area contributed by atoms with Crippen LogP contribution >= 0.6 is 0 Å². The average molecular weight is 519 g/mol. The maximum atomic E-state index is 14.5. The highest BCUT2D eigenvalue weighted by atomic mass is 19.1. The summed E-state index contributed by atoms with van der Waals surface area (Å²) in [7, 11) is 2.54. The number of benzene rings is 1. The molecule has 0 aliphatic carbocycles. The first kappa shape index (κ1) is 26.3. The first-order valence-electron chi connectivity index (χ1n) is 11.7. The van der Waals surface area contributed by atoms with Crippen LogP contribution in [-0.4, -0.2) is 48.3 Å². The Labute approximate surface area is 212 Å². The Hall–Kier alpha value is -3.77. The van der Waals surface area contributed by atoms with Gasteiger partial charge in [0.25, 0.3) is 5.56 Å². The van der Waals surface area contributed by atoms with Crippen LogP contribution in [0.2, 0.25) is 0 Å². The summed E-state index contributed by atoms with van der Waals surface area (Å²) in [6.45, 7) is 1.05. The average Bonchev–Trinajstić information content (AvgIpc) is 2.91. The molecule has 3 heterocycles. The van der Waals surface area contributed by atoms with Crippen molar-refractivity contribution < 1.29 is 32.5 Å². The van der Waals surface area contributed by atoms with Crippen LogP contribution in [0.15, 0.2) is 41.6 Å². The fourth-order valence-corrected chi connectivity index (χ4v) is 3.70. The lowest BCUT2D eigenvalue weighted by atomic mass is 10.1. The van der Waals surface area contributed by atoms with Crippen molar-refractivity contribution in [1.29, 1.82) is 0 Å². The molecule has 37 heavy (non-hydrogen) atoms. The fourth-order valence-electron chi connectivity index (χ4n) is 3.70. The molecule has 1 unspecified atom stereocenters. The third kappa shape index (κ3) is 6.71. The largest absolute Gasteiger partial charge is 0.494 e. The fraction of sp³-hybridized carbons (Fsp3) is 0.400. The van der Waals surface area contributed by atoms with E-state index in [-0.39, 0.29) is 40.6 Å². The minimum absolute atomic E-state index is 0.166. The third-order valence-corrected chi connectivity index (χ3v) is 5.70. The first-order valence-corrected chi connectivity index (χ1v) is 11.7. The van der Waals surface area contributed by atoms with Crippen LogP contribution in [0.3, 0.4) is 0 Å².